The van der Waals surface area contributed by atoms with E-state index in [-0.39, 0.29) is 17.9 Å². The van der Waals surface area contributed by atoms with Crippen LogP contribution in [0.25, 0.3) is 22.2 Å². The van der Waals surface area contributed by atoms with Gasteiger partial charge in [-0.3, -0.25) is 14.8 Å². The number of nitrogens with zero attached hydrogens (tertiary/aromatic N) is 3. The van der Waals surface area contributed by atoms with Gasteiger partial charge in [-0.1, -0.05) is 6.07 Å². The van der Waals surface area contributed by atoms with Crippen LogP contribution in [0.3, 0.4) is 0 Å². The zero-order valence-electron chi connectivity index (χ0n) is 22.2. The van der Waals surface area contributed by atoms with Crippen LogP contribution in [0.1, 0.15) is 49.8 Å². The van der Waals surface area contributed by atoms with Crippen LogP contribution in [-0.4, -0.2) is 64.6 Å². The minimum atomic E-state index is -0.171. The van der Waals surface area contributed by atoms with Crippen molar-refractivity contribution in [1.29, 1.82) is 0 Å². The third kappa shape index (κ3) is 5.28. The van der Waals surface area contributed by atoms with Crippen LogP contribution in [0.4, 0.5) is 0 Å². The van der Waals surface area contributed by atoms with Gasteiger partial charge < -0.3 is 9.64 Å². The van der Waals surface area contributed by atoms with Gasteiger partial charge in [0.05, 0.1) is 17.3 Å². The number of Topliss-reactive ketones (excluding diaryl/α,β-unsaturated/α-hetero) is 1. The molecule has 38 heavy (non-hydrogen) atoms. The highest BCUT2D eigenvalue weighted by atomic mass is 32.1. The second-order valence-electron chi connectivity index (χ2n) is 10.9. The van der Waals surface area contributed by atoms with Gasteiger partial charge >= 0.3 is 0 Å². The second kappa shape index (κ2) is 11.0. The fraction of sp³-hybridized carbons (Fsp3) is 0.419. The largest absolute Gasteiger partial charge is 0.490 e. The molecular formula is C31H36N4O2S. The maximum atomic E-state index is 13.7. The molecule has 6 nitrogen and oxygen atoms in total. The molecule has 0 amide bonds. The van der Waals surface area contributed by atoms with Crippen LogP contribution in [0.5, 0.6) is 5.75 Å². The molecule has 2 aliphatic heterocycles. The number of nitrogens with one attached hydrogen (secondary N) is 1. The first-order valence-corrected chi connectivity index (χ1v) is 14.7. The average molecular weight is 529 g/mol. The molecule has 0 unspecified atom stereocenters. The third-order valence-electron chi connectivity index (χ3n) is 8.20. The number of likely N-dealkylation sites (tertiary alicyclic amines) is 2. The predicted octanol–water partition coefficient (Wildman–Crippen LogP) is 6.10. The van der Waals surface area contributed by atoms with Crippen molar-refractivity contribution in [3.8, 4) is 17.0 Å². The lowest BCUT2D eigenvalue weighted by molar-refractivity contribution is -0.124. The van der Waals surface area contributed by atoms with Crippen LogP contribution in [0.2, 0.25) is 0 Å². The van der Waals surface area contributed by atoms with Gasteiger partial charge in [-0.25, -0.2) is 0 Å². The van der Waals surface area contributed by atoms with Gasteiger partial charge in [0, 0.05) is 36.5 Å². The van der Waals surface area contributed by atoms with Gasteiger partial charge in [-0.05, 0) is 111 Å². The summed E-state index contributed by atoms with van der Waals surface area (Å²) in [5.41, 5.74) is 5.08. The number of ether oxygens (including phenoxy) is 1. The average Bonchev–Trinajstić information content (AvgIpc) is 3.69. The van der Waals surface area contributed by atoms with Crippen molar-refractivity contribution >= 4 is 28.0 Å². The fourth-order valence-electron chi connectivity index (χ4n) is 6.01. The molecule has 198 valence electrons. The molecule has 1 N–H and O–H groups in total. The van der Waals surface area contributed by atoms with Gasteiger partial charge in [0.2, 0.25) is 0 Å². The Kier molecular flexibility index (Phi) is 7.32. The van der Waals surface area contributed by atoms with Gasteiger partial charge in [0.25, 0.3) is 0 Å². The molecule has 0 bridgehead atoms. The third-order valence-corrected chi connectivity index (χ3v) is 8.90. The van der Waals surface area contributed by atoms with Gasteiger partial charge in [0.15, 0.2) is 5.78 Å². The maximum absolute atomic E-state index is 13.7. The number of aromatic amines is 1. The number of aromatic nitrogens is 2. The predicted molar refractivity (Wildman–Crippen MR) is 154 cm³/mol. The summed E-state index contributed by atoms with van der Waals surface area (Å²) < 4.78 is 6.23. The van der Waals surface area contributed by atoms with E-state index in [2.05, 4.69) is 75.1 Å². The number of hydrogen-bond donors (Lipinski definition) is 1. The molecule has 7 heteroatoms. The van der Waals surface area contributed by atoms with Gasteiger partial charge in [0.1, 0.15) is 11.9 Å². The van der Waals surface area contributed by atoms with Gasteiger partial charge in [-0.2, -0.15) is 16.4 Å². The van der Waals surface area contributed by atoms with Crippen molar-refractivity contribution in [1.82, 2.24) is 20.0 Å². The molecule has 0 aliphatic carbocycles. The molecule has 6 rings (SSSR count). The van der Waals surface area contributed by atoms with E-state index in [9.17, 15) is 4.79 Å². The maximum Gasteiger partial charge on any atom is 0.158 e. The molecule has 2 fully saturated rings. The van der Waals surface area contributed by atoms with E-state index in [1.54, 1.807) is 11.3 Å². The van der Waals surface area contributed by atoms with Crippen molar-refractivity contribution < 1.29 is 9.53 Å². The highest BCUT2D eigenvalue weighted by Gasteiger charge is 2.33. The molecule has 0 saturated carbocycles. The van der Waals surface area contributed by atoms with E-state index in [4.69, 9.17) is 4.74 Å². The monoisotopic (exact) mass is 528 g/mol. The fourth-order valence-corrected chi connectivity index (χ4v) is 6.69. The molecule has 4 heterocycles. The first-order valence-electron chi connectivity index (χ1n) is 13.8. The highest BCUT2D eigenvalue weighted by molar-refractivity contribution is 7.08. The van der Waals surface area contributed by atoms with Crippen LogP contribution < -0.4 is 4.74 Å². The minimum absolute atomic E-state index is 0.171. The Morgan fingerprint density at radius 2 is 1.92 bits per heavy atom. The molecule has 2 aliphatic rings. The minimum Gasteiger partial charge on any atom is -0.490 e. The molecular weight excluding hydrogens is 492 g/mol. The Labute approximate surface area is 228 Å². The van der Waals surface area contributed by atoms with E-state index in [1.807, 2.05) is 18.2 Å². The topological polar surface area (TPSA) is 61.5 Å². The van der Waals surface area contributed by atoms with Crippen LogP contribution in [0.15, 0.2) is 59.3 Å². The van der Waals surface area contributed by atoms with E-state index in [1.165, 1.54) is 0 Å². The number of hydrogen-bond acceptors (Lipinski definition) is 6. The molecule has 4 aromatic rings. The standard InChI is InChI=1S/C31H36N4O2S/c1-21-4-3-14-35(21)31(24-13-17-38-20-24)29(36)19-22-5-10-28-27(18-22)30(33-32-28)23-6-8-25(9-7-23)37-26-11-15-34(2)16-12-26/h5-10,13,17-18,20-21,26,31H,3-4,11-12,14-16,19H2,1-2H3,(H,32,33)/t21-,31-/m0/s1. The Morgan fingerprint density at radius 1 is 1.11 bits per heavy atom. The Hall–Kier alpha value is -3.00. The lowest BCUT2D eigenvalue weighted by Gasteiger charge is -2.30. The lowest BCUT2D eigenvalue weighted by Crippen LogP contribution is -2.37. The Balaban J connectivity index is 1.20. The molecule has 2 saturated heterocycles. The molecule has 2 aromatic heterocycles. The molecule has 2 atom stereocenters. The second-order valence-corrected chi connectivity index (χ2v) is 11.7. The number of piperidine rings is 1. The summed E-state index contributed by atoms with van der Waals surface area (Å²) in [7, 11) is 2.16. The number of benzene rings is 2. The summed E-state index contributed by atoms with van der Waals surface area (Å²) in [6.45, 7) is 5.39. The summed E-state index contributed by atoms with van der Waals surface area (Å²) >= 11 is 1.66. The van der Waals surface area contributed by atoms with Crippen molar-refractivity contribution in [2.24, 2.45) is 0 Å². The summed E-state index contributed by atoms with van der Waals surface area (Å²) in [4.78, 5) is 18.5. The normalized spacial score (nSPS) is 20.2. The Bertz CT molecular complexity index is 1370. The number of carbonyl (C=O) groups is 1. The van der Waals surface area contributed by atoms with Crippen LogP contribution in [0, 0.1) is 0 Å². The molecule has 0 spiro atoms. The number of fused-ring (bicyclic) bond motifs is 1. The van der Waals surface area contributed by atoms with E-state index in [0.717, 1.165) is 84.4 Å². The lowest BCUT2D eigenvalue weighted by atomic mass is 9.96. The quantitative estimate of drug-likeness (QED) is 0.299. The number of rotatable bonds is 8. The smallest absolute Gasteiger partial charge is 0.158 e. The zero-order chi connectivity index (χ0) is 26.1. The first kappa shape index (κ1) is 25.3. The number of H-pyrrole nitrogens is 1. The van der Waals surface area contributed by atoms with E-state index >= 15 is 0 Å². The van der Waals surface area contributed by atoms with Crippen LogP contribution >= 0.6 is 11.3 Å². The summed E-state index contributed by atoms with van der Waals surface area (Å²) in [5, 5.41) is 13.0. The zero-order valence-corrected chi connectivity index (χ0v) is 23.0. The summed E-state index contributed by atoms with van der Waals surface area (Å²) in [6, 6.07) is 16.9. The summed E-state index contributed by atoms with van der Waals surface area (Å²) in [6.07, 6.45) is 5.13. The highest BCUT2D eigenvalue weighted by Crippen LogP contribution is 2.33. The molecule has 0 radical (unpaired) electrons. The van der Waals surface area contributed by atoms with Crippen molar-refractivity contribution in [2.45, 2.75) is 57.2 Å². The van der Waals surface area contributed by atoms with E-state index in [0.29, 0.717) is 12.5 Å². The van der Waals surface area contributed by atoms with Crippen LogP contribution in [-0.2, 0) is 11.2 Å². The van der Waals surface area contributed by atoms with Crippen molar-refractivity contribution in [3.05, 3.63) is 70.4 Å². The SMILES string of the molecule is C[C@H]1CCCN1[C@H](C(=O)Cc1ccc2[nH]nc(-c3ccc(OC4CCN(C)CC4)cc3)c2c1)c1ccsc1. The summed E-state index contributed by atoms with van der Waals surface area (Å²) in [5.74, 6) is 1.17. The Morgan fingerprint density at radius 3 is 2.63 bits per heavy atom. The number of carbonyl (C=O) groups excluding carboxylic acids is 1. The van der Waals surface area contributed by atoms with Crippen molar-refractivity contribution in [2.75, 3.05) is 26.7 Å². The number of thiophene rings is 1. The van der Waals surface area contributed by atoms with Crippen molar-refractivity contribution in [3.63, 3.8) is 0 Å². The number of ketones is 1. The van der Waals surface area contributed by atoms with E-state index < -0.39 is 0 Å². The first-order chi connectivity index (χ1) is 18.5. The molecule has 2 aromatic carbocycles. The van der Waals surface area contributed by atoms with Gasteiger partial charge in [-0.15, -0.1) is 0 Å².